The van der Waals surface area contributed by atoms with Crippen LogP contribution in [0.4, 0.5) is 5.69 Å². The fourth-order valence-electron chi connectivity index (χ4n) is 1.48. The number of benzene rings is 1. The van der Waals surface area contributed by atoms with Crippen molar-refractivity contribution in [1.82, 2.24) is 4.90 Å². The number of hydrogen-bond acceptors (Lipinski definition) is 3. The van der Waals surface area contributed by atoms with Crippen LogP contribution in [0.25, 0.3) is 0 Å². The quantitative estimate of drug-likeness (QED) is 0.779. The number of carbonyl (C=O) groups excluding carboxylic acids is 2. The SMILES string of the molecule is CC(=O)N(C)Cc1cccc(NC(=O)CC(=O)O)c1. The maximum absolute atomic E-state index is 11.3. The van der Waals surface area contributed by atoms with Gasteiger partial charge in [0, 0.05) is 26.2 Å². The number of anilines is 1. The number of carbonyl (C=O) groups is 3. The molecule has 0 aliphatic rings. The van der Waals surface area contributed by atoms with E-state index in [0.29, 0.717) is 12.2 Å². The highest BCUT2D eigenvalue weighted by Crippen LogP contribution is 2.12. The Hall–Kier alpha value is -2.37. The maximum atomic E-state index is 11.3. The summed E-state index contributed by atoms with van der Waals surface area (Å²) in [6, 6.07) is 6.93. The van der Waals surface area contributed by atoms with Crippen LogP contribution in [0.2, 0.25) is 0 Å². The van der Waals surface area contributed by atoms with Crippen LogP contribution in [-0.2, 0) is 20.9 Å². The Morgan fingerprint density at radius 1 is 1.32 bits per heavy atom. The first-order valence-corrected chi connectivity index (χ1v) is 5.71. The van der Waals surface area contributed by atoms with Crippen LogP contribution in [-0.4, -0.2) is 34.8 Å². The van der Waals surface area contributed by atoms with Crippen molar-refractivity contribution in [2.24, 2.45) is 0 Å². The van der Waals surface area contributed by atoms with Crippen molar-refractivity contribution in [3.8, 4) is 0 Å². The lowest BCUT2D eigenvalue weighted by atomic mass is 10.2. The molecule has 0 radical (unpaired) electrons. The summed E-state index contributed by atoms with van der Waals surface area (Å²) >= 11 is 0. The van der Waals surface area contributed by atoms with Gasteiger partial charge in [-0.25, -0.2) is 0 Å². The van der Waals surface area contributed by atoms with Crippen LogP contribution >= 0.6 is 0 Å². The summed E-state index contributed by atoms with van der Waals surface area (Å²) in [6.45, 7) is 1.90. The van der Waals surface area contributed by atoms with Crippen LogP contribution in [0.5, 0.6) is 0 Å². The Labute approximate surface area is 111 Å². The van der Waals surface area contributed by atoms with Gasteiger partial charge in [-0.2, -0.15) is 0 Å². The third-order valence-corrected chi connectivity index (χ3v) is 2.48. The van der Waals surface area contributed by atoms with Gasteiger partial charge in [-0.05, 0) is 17.7 Å². The summed E-state index contributed by atoms with van der Waals surface area (Å²) in [4.78, 5) is 34.4. The first-order chi connectivity index (χ1) is 8.88. The van der Waals surface area contributed by atoms with E-state index in [9.17, 15) is 14.4 Å². The molecule has 0 saturated carbocycles. The number of aliphatic carboxylic acids is 1. The number of amides is 2. The predicted octanol–water partition coefficient (Wildman–Crippen LogP) is 1.08. The molecule has 6 heteroatoms. The Balaban J connectivity index is 2.69. The van der Waals surface area contributed by atoms with Gasteiger partial charge in [0.25, 0.3) is 0 Å². The second-order valence-electron chi connectivity index (χ2n) is 4.19. The van der Waals surface area contributed by atoms with Gasteiger partial charge in [0.05, 0.1) is 0 Å². The zero-order valence-corrected chi connectivity index (χ0v) is 10.8. The monoisotopic (exact) mass is 264 g/mol. The molecule has 6 nitrogen and oxygen atoms in total. The van der Waals surface area contributed by atoms with E-state index in [1.165, 1.54) is 11.8 Å². The zero-order valence-electron chi connectivity index (χ0n) is 10.8. The fourth-order valence-corrected chi connectivity index (χ4v) is 1.48. The van der Waals surface area contributed by atoms with Gasteiger partial charge in [0.1, 0.15) is 6.42 Å². The summed E-state index contributed by atoms with van der Waals surface area (Å²) in [5.74, 6) is -1.81. The molecule has 0 aliphatic carbocycles. The molecule has 0 saturated heterocycles. The Morgan fingerprint density at radius 3 is 2.58 bits per heavy atom. The van der Waals surface area contributed by atoms with Gasteiger partial charge in [-0.1, -0.05) is 12.1 Å². The van der Waals surface area contributed by atoms with Gasteiger partial charge < -0.3 is 15.3 Å². The molecule has 102 valence electrons. The van der Waals surface area contributed by atoms with E-state index in [0.717, 1.165) is 5.56 Å². The van der Waals surface area contributed by atoms with Crippen molar-refractivity contribution >= 4 is 23.5 Å². The maximum Gasteiger partial charge on any atom is 0.312 e. The van der Waals surface area contributed by atoms with Crippen LogP contribution in [0.3, 0.4) is 0 Å². The molecule has 0 aliphatic heterocycles. The third-order valence-electron chi connectivity index (χ3n) is 2.48. The van der Waals surface area contributed by atoms with Crippen molar-refractivity contribution in [2.75, 3.05) is 12.4 Å². The number of rotatable bonds is 5. The second-order valence-corrected chi connectivity index (χ2v) is 4.19. The summed E-state index contributed by atoms with van der Waals surface area (Å²) in [7, 11) is 1.68. The van der Waals surface area contributed by atoms with E-state index in [1.54, 1.807) is 25.2 Å². The van der Waals surface area contributed by atoms with Crippen LogP contribution in [0.1, 0.15) is 18.9 Å². The Bertz CT molecular complexity index is 499. The van der Waals surface area contributed by atoms with Crippen molar-refractivity contribution in [3.05, 3.63) is 29.8 Å². The van der Waals surface area contributed by atoms with E-state index in [-0.39, 0.29) is 5.91 Å². The molecule has 0 aromatic heterocycles. The predicted molar refractivity (Wildman–Crippen MR) is 69.5 cm³/mol. The molecule has 19 heavy (non-hydrogen) atoms. The molecule has 2 N–H and O–H groups in total. The zero-order chi connectivity index (χ0) is 14.4. The number of carboxylic acids is 1. The lowest BCUT2D eigenvalue weighted by Crippen LogP contribution is -2.23. The number of hydrogen-bond donors (Lipinski definition) is 2. The number of nitrogens with zero attached hydrogens (tertiary/aromatic N) is 1. The summed E-state index contributed by atoms with van der Waals surface area (Å²) in [6.07, 6.45) is -0.572. The third kappa shape index (κ3) is 5.20. The van der Waals surface area contributed by atoms with E-state index < -0.39 is 18.3 Å². The average molecular weight is 264 g/mol. The van der Waals surface area contributed by atoms with Crippen LogP contribution in [0, 0.1) is 0 Å². The lowest BCUT2D eigenvalue weighted by molar-refractivity contribution is -0.139. The minimum atomic E-state index is -1.18. The Kier molecular flexibility index (Phi) is 5.05. The molecule has 0 spiro atoms. The standard InChI is InChI=1S/C13H16N2O4/c1-9(16)15(2)8-10-4-3-5-11(6-10)14-12(17)7-13(18)19/h3-6H,7-8H2,1-2H3,(H,14,17)(H,18,19). The highest BCUT2D eigenvalue weighted by atomic mass is 16.4. The van der Waals surface area contributed by atoms with E-state index in [2.05, 4.69) is 5.32 Å². The molecule has 0 fully saturated rings. The van der Waals surface area contributed by atoms with E-state index in [1.807, 2.05) is 6.07 Å². The lowest BCUT2D eigenvalue weighted by Gasteiger charge is -2.15. The average Bonchev–Trinajstić information content (AvgIpc) is 2.27. The number of carboxylic acid groups (broad SMARTS) is 1. The molecule has 0 bridgehead atoms. The van der Waals surface area contributed by atoms with Gasteiger partial charge in [-0.15, -0.1) is 0 Å². The number of nitrogens with one attached hydrogen (secondary N) is 1. The summed E-state index contributed by atoms with van der Waals surface area (Å²) < 4.78 is 0. The van der Waals surface area contributed by atoms with E-state index >= 15 is 0 Å². The van der Waals surface area contributed by atoms with Gasteiger partial charge in [-0.3, -0.25) is 14.4 Å². The minimum Gasteiger partial charge on any atom is -0.481 e. The molecule has 1 aromatic carbocycles. The molecule has 1 rings (SSSR count). The molecule has 0 unspecified atom stereocenters. The minimum absolute atomic E-state index is 0.0553. The highest BCUT2D eigenvalue weighted by molar-refractivity contribution is 6.01. The molecule has 1 aromatic rings. The highest BCUT2D eigenvalue weighted by Gasteiger charge is 2.08. The van der Waals surface area contributed by atoms with E-state index in [4.69, 9.17) is 5.11 Å². The van der Waals surface area contributed by atoms with Crippen molar-refractivity contribution in [2.45, 2.75) is 19.9 Å². The Morgan fingerprint density at radius 2 is 2.00 bits per heavy atom. The largest absolute Gasteiger partial charge is 0.481 e. The first kappa shape index (κ1) is 14.7. The van der Waals surface area contributed by atoms with Crippen molar-refractivity contribution < 1.29 is 19.5 Å². The first-order valence-electron chi connectivity index (χ1n) is 5.71. The molecular formula is C13H16N2O4. The van der Waals surface area contributed by atoms with Crippen molar-refractivity contribution in [3.63, 3.8) is 0 Å². The molecule has 0 heterocycles. The topological polar surface area (TPSA) is 86.7 Å². The van der Waals surface area contributed by atoms with Gasteiger partial charge in [0.2, 0.25) is 11.8 Å². The molecule has 0 atom stereocenters. The van der Waals surface area contributed by atoms with Crippen LogP contribution in [0.15, 0.2) is 24.3 Å². The van der Waals surface area contributed by atoms with Gasteiger partial charge in [0.15, 0.2) is 0 Å². The smallest absolute Gasteiger partial charge is 0.312 e. The molecule has 2 amide bonds. The fraction of sp³-hybridized carbons (Fsp3) is 0.308. The summed E-state index contributed by atoms with van der Waals surface area (Å²) in [5.41, 5.74) is 1.37. The second kappa shape index (κ2) is 6.53. The van der Waals surface area contributed by atoms with Gasteiger partial charge >= 0.3 is 5.97 Å². The van der Waals surface area contributed by atoms with Crippen molar-refractivity contribution in [1.29, 1.82) is 0 Å². The normalized spacial score (nSPS) is 9.79. The molecular weight excluding hydrogens is 248 g/mol. The van der Waals surface area contributed by atoms with Crippen LogP contribution < -0.4 is 5.32 Å². The summed E-state index contributed by atoms with van der Waals surface area (Å²) in [5, 5.41) is 11.0.